The van der Waals surface area contributed by atoms with Crippen molar-refractivity contribution in [2.45, 2.75) is 18.9 Å². The molecule has 3 rings (SSSR count). The van der Waals surface area contributed by atoms with Crippen LogP contribution < -0.4 is 4.74 Å². The highest BCUT2D eigenvalue weighted by Crippen LogP contribution is 2.30. The van der Waals surface area contributed by atoms with E-state index < -0.39 is 6.10 Å². The Balaban J connectivity index is 1.57. The lowest BCUT2D eigenvalue weighted by molar-refractivity contribution is 0.0583. The molecule has 6 heteroatoms. The SMILES string of the molecule is N#CC1CCN(CC(O)COc2cc(Cl)cc(-c3cccc(O)c3)c2)CC1. The molecule has 1 aliphatic heterocycles. The van der Waals surface area contributed by atoms with Crippen LogP contribution in [0.5, 0.6) is 11.5 Å². The number of rotatable bonds is 6. The molecule has 1 saturated heterocycles. The first kappa shape index (κ1) is 19.5. The van der Waals surface area contributed by atoms with Gasteiger partial charge in [-0.2, -0.15) is 5.26 Å². The van der Waals surface area contributed by atoms with Gasteiger partial charge in [0.25, 0.3) is 0 Å². The predicted octanol–water partition coefficient (Wildman–Crippen LogP) is 3.69. The van der Waals surface area contributed by atoms with E-state index in [1.54, 1.807) is 30.3 Å². The third kappa shape index (κ3) is 5.61. The number of phenolic OH excluding ortho intramolecular Hbond substituents is 1. The molecule has 0 aromatic heterocycles. The average Bonchev–Trinajstić information content (AvgIpc) is 2.66. The summed E-state index contributed by atoms with van der Waals surface area (Å²) in [6.07, 6.45) is 1.09. The lowest BCUT2D eigenvalue weighted by Crippen LogP contribution is -2.40. The van der Waals surface area contributed by atoms with Crippen LogP contribution in [0, 0.1) is 17.2 Å². The molecular weight excluding hydrogens is 364 g/mol. The number of phenols is 1. The maximum Gasteiger partial charge on any atom is 0.121 e. The number of halogens is 1. The van der Waals surface area contributed by atoms with Gasteiger partial charge in [0, 0.05) is 17.5 Å². The fraction of sp³-hybridized carbons (Fsp3) is 0.381. The molecule has 0 saturated carbocycles. The summed E-state index contributed by atoms with van der Waals surface area (Å²) in [6.45, 7) is 2.35. The molecule has 5 nitrogen and oxygen atoms in total. The normalized spacial score (nSPS) is 16.6. The topological polar surface area (TPSA) is 76.7 Å². The Morgan fingerprint density at radius 3 is 2.67 bits per heavy atom. The van der Waals surface area contributed by atoms with E-state index in [9.17, 15) is 10.2 Å². The molecule has 0 aliphatic carbocycles. The Kier molecular flexibility index (Phi) is 6.57. The average molecular weight is 387 g/mol. The molecule has 1 heterocycles. The van der Waals surface area contributed by atoms with E-state index in [0.29, 0.717) is 17.3 Å². The number of aromatic hydroxyl groups is 1. The van der Waals surface area contributed by atoms with E-state index in [0.717, 1.165) is 37.1 Å². The fourth-order valence-corrected chi connectivity index (χ4v) is 3.51. The van der Waals surface area contributed by atoms with Gasteiger partial charge in [0.15, 0.2) is 0 Å². The summed E-state index contributed by atoms with van der Waals surface area (Å²) in [7, 11) is 0. The Bertz CT molecular complexity index is 813. The van der Waals surface area contributed by atoms with Gasteiger partial charge >= 0.3 is 0 Å². The summed E-state index contributed by atoms with van der Waals surface area (Å²) in [5.74, 6) is 0.894. The molecule has 0 amide bonds. The highest BCUT2D eigenvalue weighted by molar-refractivity contribution is 6.31. The van der Waals surface area contributed by atoms with Crippen LogP contribution in [0.15, 0.2) is 42.5 Å². The fourth-order valence-electron chi connectivity index (χ4n) is 3.29. The van der Waals surface area contributed by atoms with Crippen LogP contribution in [0.25, 0.3) is 11.1 Å². The molecule has 1 fully saturated rings. The largest absolute Gasteiger partial charge is 0.508 e. The summed E-state index contributed by atoms with van der Waals surface area (Å²) in [5, 5.41) is 29.4. The van der Waals surface area contributed by atoms with Gasteiger partial charge in [-0.05, 0) is 67.4 Å². The Hall–Kier alpha value is -2.26. The minimum atomic E-state index is -0.619. The predicted molar refractivity (Wildman–Crippen MR) is 105 cm³/mol. The maximum absolute atomic E-state index is 10.3. The van der Waals surface area contributed by atoms with Crippen molar-refractivity contribution in [2.24, 2.45) is 5.92 Å². The monoisotopic (exact) mass is 386 g/mol. The van der Waals surface area contributed by atoms with Crippen molar-refractivity contribution in [2.75, 3.05) is 26.2 Å². The highest BCUT2D eigenvalue weighted by atomic mass is 35.5. The van der Waals surface area contributed by atoms with Crippen molar-refractivity contribution < 1.29 is 14.9 Å². The van der Waals surface area contributed by atoms with Gasteiger partial charge in [-0.3, -0.25) is 0 Å². The molecule has 0 spiro atoms. The molecule has 0 bridgehead atoms. The van der Waals surface area contributed by atoms with Crippen LogP contribution in [-0.2, 0) is 0 Å². The van der Waals surface area contributed by atoms with Crippen molar-refractivity contribution in [1.82, 2.24) is 4.90 Å². The number of piperidine rings is 1. The van der Waals surface area contributed by atoms with Gasteiger partial charge in [-0.1, -0.05) is 23.7 Å². The first-order valence-electron chi connectivity index (χ1n) is 9.06. The Morgan fingerprint density at radius 1 is 1.19 bits per heavy atom. The second-order valence-electron chi connectivity index (χ2n) is 6.89. The van der Waals surface area contributed by atoms with Crippen LogP contribution in [0.4, 0.5) is 0 Å². The van der Waals surface area contributed by atoms with Crippen LogP contribution >= 0.6 is 11.6 Å². The van der Waals surface area contributed by atoms with Crippen molar-refractivity contribution in [3.05, 3.63) is 47.5 Å². The lowest BCUT2D eigenvalue weighted by atomic mass is 9.98. The maximum atomic E-state index is 10.3. The number of likely N-dealkylation sites (tertiary alicyclic amines) is 1. The van der Waals surface area contributed by atoms with Crippen LogP contribution in [0.2, 0.25) is 5.02 Å². The third-order valence-corrected chi connectivity index (χ3v) is 4.95. The van der Waals surface area contributed by atoms with E-state index in [1.165, 1.54) is 0 Å². The first-order chi connectivity index (χ1) is 13.0. The molecule has 2 aromatic carbocycles. The molecular formula is C21H23ClN2O3. The third-order valence-electron chi connectivity index (χ3n) is 4.73. The number of aliphatic hydroxyl groups is 1. The Morgan fingerprint density at radius 2 is 1.96 bits per heavy atom. The Labute approximate surface area is 164 Å². The van der Waals surface area contributed by atoms with Gasteiger partial charge in [0.1, 0.15) is 24.2 Å². The first-order valence-corrected chi connectivity index (χ1v) is 9.44. The van der Waals surface area contributed by atoms with Gasteiger partial charge in [-0.15, -0.1) is 0 Å². The molecule has 2 N–H and O–H groups in total. The van der Waals surface area contributed by atoms with Crippen molar-refractivity contribution in [1.29, 1.82) is 5.26 Å². The second kappa shape index (κ2) is 9.09. The number of nitriles is 1. The summed E-state index contributed by atoms with van der Waals surface area (Å²) in [5.41, 5.74) is 1.67. The molecule has 27 heavy (non-hydrogen) atoms. The minimum absolute atomic E-state index is 0.136. The van der Waals surface area contributed by atoms with Gasteiger partial charge < -0.3 is 19.8 Å². The minimum Gasteiger partial charge on any atom is -0.508 e. The molecule has 0 radical (unpaired) electrons. The van der Waals surface area contributed by atoms with Gasteiger partial charge in [-0.25, -0.2) is 0 Å². The van der Waals surface area contributed by atoms with Crippen LogP contribution in [-0.4, -0.2) is 47.5 Å². The molecule has 142 valence electrons. The number of benzene rings is 2. The van der Waals surface area contributed by atoms with Crippen LogP contribution in [0.3, 0.4) is 0 Å². The lowest BCUT2D eigenvalue weighted by Gasteiger charge is -2.30. The molecule has 1 unspecified atom stereocenters. The van der Waals surface area contributed by atoms with Crippen molar-refractivity contribution in [3.63, 3.8) is 0 Å². The number of hydrogen-bond donors (Lipinski definition) is 2. The van der Waals surface area contributed by atoms with Gasteiger partial charge in [0.2, 0.25) is 0 Å². The number of ether oxygens (including phenoxy) is 1. The van der Waals surface area contributed by atoms with Crippen LogP contribution in [0.1, 0.15) is 12.8 Å². The second-order valence-corrected chi connectivity index (χ2v) is 7.33. The smallest absolute Gasteiger partial charge is 0.121 e. The van der Waals surface area contributed by atoms with Gasteiger partial charge in [0.05, 0.1) is 6.07 Å². The molecule has 2 aromatic rings. The van der Waals surface area contributed by atoms with E-state index in [-0.39, 0.29) is 18.3 Å². The number of hydrogen-bond acceptors (Lipinski definition) is 5. The van der Waals surface area contributed by atoms with E-state index in [1.807, 2.05) is 12.1 Å². The highest BCUT2D eigenvalue weighted by Gasteiger charge is 2.20. The number of β-amino-alcohol motifs (C(OH)–C–C–N with tert-alkyl or cyclic N) is 1. The zero-order chi connectivity index (χ0) is 19.2. The zero-order valence-corrected chi connectivity index (χ0v) is 15.8. The zero-order valence-electron chi connectivity index (χ0n) is 15.0. The van der Waals surface area contributed by atoms with E-state index >= 15 is 0 Å². The molecule has 1 atom stereocenters. The summed E-state index contributed by atoms with van der Waals surface area (Å²) in [6, 6.07) is 14.6. The number of nitrogens with zero attached hydrogens (tertiary/aromatic N) is 2. The van der Waals surface area contributed by atoms with E-state index in [2.05, 4.69) is 11.0 Å². The van der Waals surface area contributed by atoms with Crippen molar-refractivity contribution >= 4 is 11.6 Å². The van der Waals surface area contributed by atoms with E-state index in [4.69, 9.17) is 21.6 Å². The summed E-state index contributed by atoms with van der Waals surface area (Å²) < 4.78 is 5.75. The summed E-state index contributed by atoms with van der Waals surface area (Å²) in [4.78, 5) is 2.16. The quantitative estimate of drug-likeness (QED) is 0.791. The molecule has 1 aliphatic rings. The summed E-state index contributed by atoms with van der Waals surface area (Å²) >= 11 is 6.20. The van der Waals surface area contributed by atoms with Crippen molar-refractivity contribution in [3.8, 4) is 28.7 Å². The standard InChI is InChI=1S/C21H23ClN2O3/c22-18-8-17(16-2-1-3-19(25)9-16)10-21(11-18)27-14-20(26)13-24-6-4-15(12-23)5-7-24/h1-3,8-11,15,20,25-26H,4-7,13-14H2. The number of aliphatic hydroxyl groups excluding tert-OH is 1.